The molecule has 24 heavy (non-hydrogen) atoms. The Morgan fingerprint density at radius 3 is 2.79 bits per heavy atom. The molecule has 2 heterocycles. The summed E-state index contributed by atoms with van der Waals surface area (Å²) in [5, 5.41) is 9.36. The van der Waals surface area contributed by atoms with Crippen molar-refractivity contribution in [3.05, 3.63) is 62.9 Å². The average molecular weight is 357 g/mol. The molecule has 0 aliphatic carbocycles. The molecule has 0 unspecified atom stereocenters. The summed E-state index contributed by atoms with van der Waals surface area (Å²) >= 11 is 7.47. The quantitative estimate of drug-likeness (QED) is 0.581. The van der Waals surface area contributed by atoms with Crippen LogP contribution in [0.15, 0.2) is 41.2 Å². The van der Waals surface area contributed by atoms with Gasteiger partial charge in [0.2, 0.25) is 10.1 Å². The highest BCUT2D eigenvalue weighted by molar-refractivity contribution is 7.20. The van der Waals surface area contributed by atoms with Crippen molar-refractivity contribution < 1.29 is 0 Å². The number of aryl methyl sites for hydroxylation is 2. The van der Waals surface area contributed by atoms with E-state index in [-0.39, 0.29) is 5.56 Å². The van der Waals surface area contributed by atoms with E-state index in [1.54, 1.807) is 0 Å². The molecule has 0 aliphatic rings. The minimum absolute atomic E-state index is 0.162. The summed E-state index contributed by atoms with van der Waals surface area (Å²) < 4.78 is 1.34. The highest BCUT2D eigenvalue weighted by Gasteiger charge is 2.11. The van der Waals surface area contributed by atoms with E-state index in [9.17, 15) is 4.79 Å². The highest BCUT2D eigenvalue weighted by Crippen LogP contribution is 2.26. The van der Waals surface area contributed by atoms with Crippen LogP contribution >= 0.6 is 22.9 Å². The van der Waals surface area contributed by atoms with Gasteiger partial charge >= 0.3 is 0 Å². The molecule has 0 saturated carbocycles. The molecule has 2 aromatic carbocycles. The van der Waals surface area contributed by atoms with E-state index in [1.165, 1.54) is 15.9 Å². The van der Waals surface area contributed by atoms with Crippen LogP contribution in [0.1, 0.15) is 11.1 Å². The summed E-state index contributed by atoms with van der Waals surface area (Å²) in [6.45, 7) is 3.89. The Kier molecular flexibility index (Phi) is 3.51. The second kappa shape index (κ2) is 5.58. The van der Waals surface area contributed by atoms with Crippen LogP contribution in [-0.4, -0.2) is 14.6 Å². The number of nitrogens with one attached hydrogen (secondary N) is 1. The molecular weight excluding hydrogens is 344 g/mol. The zero-order valence-electron chi connectivity index (χ0n) is 13.0. The lowest BCUT2D eigenvalue weighted by Gasteiger charge is -2.03. The summed E-state index contributed by atoms with van der Waals surface area (Å²) in [4.78, 5) is 17.7. The topological polar surface area (TPSA) is 59.3 Å². The third kappa shape index (κ3) is 2.53. The number of aromatic nitrogens is 3. The largest absolute Gasteiger partial charge is 0.330 e. The van der Waals surface area contributed by atoms with Crippen molar-refractivity contribution in [2.45, 2.75) is 13.8 Å². The van der Waals surface area contributed by atoms with Crippen molar-refractivity contribution in [2.75, 3.05) is 5.32 Å². The normalized spacial score (nSPS) is 11.3. The minimum atomic E-state index is -0.162. The molecule has 0 fully saturated rings. The van der Waals surface area contributed by atoms with Gasteiger partial charge in [-0.1, -0.05) is 40.6 Å². The van der Waals surface area contributed by atoms with E-state index in [0.717, 1.165) is 16.8 Å². The highest BCUT2D eigenvalue weighted by atomic mass is 35.5. The molecule has 0 amide bonds. The maximum absolute atomic E-state index is 12.6. The van der Waals surface area contributed by atoms with E-state index in [2.05, 4.69) is 15.4 Å². The molecule has 0 saturated heterocycles. The van der Waals surface area contributed by atoms with E-state index < -0.39 is 0 Å². The van der Waals surface area contributed by atoms with E-state index >= 15 is 0 Å². The molecule has 0 bridgehead atoms. The van der Waals surface area contributed by atoms with E-state index in [1.807, 2.05) is 50.2 Å². The fraction of sp³-hybridized carbons (Fsp3) is 0.118. The van der Waals surface area contributed by atoms with Crippen LogP contribution in [0, 0.1) is 13.8 Å². The van der Waals surface area contributed by atoms with Crippen molar-refractivity contribution in [2.24, 2.45) is 0 Å². The molecule has 4 rings (SSSR count). The van der Waals surface area contributed by atoms with Gasteiger partial charge in [-0.15, -0.1) is 5.10 Å². The molecule has 0 aliphatic heterocycles. The Morgan fingerprint density at radius 2 is 2.00 bits per heavy atom. The molecule has 4 aromatic rings. The summed E-state index contributed by atoms with van der Waals surface area (Å²) in [6, 6.07) is 11.3. The maximum Gasteiger partial charge on any atom is 0.283 e. The van der Waals surface area contributed by atoms with Crippen molar-refractivity contribution in [1.29, 1.82) is 0 Å². The predicted octanol–water partition coefficient (Wildman–Crippen LogP) is 4.32. The van der Waals surface area contributed by atoms with Gasteiger partial charge in [-0.3, -0.25) is 4.79 Å². The van der Waals surface area contributed by atoms with Crippen LogP contribution < -0.4 is 10.9 Å². The number of hydrogen-bond acceptors (Lipinski definition) is 5. The van der Waals surface area contributed by atoms with Crippen LogP contribution in [0.3, 0.4) is 0 Å². The van der Waals surface area contributed by atoms with Crippen molar-refractivity contribution in [3.8, 4) is 0 Å². The third-order valence-corrected chi connectivity index (χ3v) is 5.01. The molecule has 0 atom stereocenters. The van der Waals surface area contributed by atoms with Gasteiger partial charge in [0.15, 0.2) is 0 Å². The average Bonchev–Trinajstić information content (AvgIpc) is 2.95. The van der Waals surface area contributed by atoms with Crippen molar-refractivity contribution >= 4 is 49.6 Å². The first-order valence-corrected chi connectivity index (χ1v) is 8.54. The lowest BCUT2D eigenvalue weighted by Crippen LogP contribution is -2.15. The number of fused-ring (bicyclic) bond motifs is 2. The Bertz CT molecular complexity index is 1150. The number of nitrogens with zero attached hydrogens (tertiary/aromatic N) is 3. The molecule has 5 nitrogen and oxygen atoms in total. The van der Waals surface area contributed by atoms with E-state index in [4.69, 9.17) is 11.6 Å². The number of anilines is 2. The summed E-state index contributed by atoms with van der Waals surface area (Å²) in [7, 11) is 0. The monoisotopic (exact) mass is 356 g/mol. The molecular formula is C17H13ClN4OS. The van der Waals surface area contributed by atoms with Crippen LogP contribution in [0.2, 0.25) is 5.02 Å². The number of hydrogen-bond donors (Lipinski definition) is 1. The zero-order chi connectivity index (χ0) is 16.8. The number of rotatable bonds is 2. The fourth-order valence-corrected chi connectivity index (χ4v) is 3.47. The van der Waals surface area contributed by atoms with Gasteiger partial charge in [0.25, 0.3) is 5.56 Å². The predicted molar refractivity (Wildman–Crippen MR) is 98.8 cm³/mol. The van der Waals surface area contributed by atoms with Crippen LogP contribution in [0.25, 0.3) is 15.9 Å². The molecule has 120 valence electrons. The van der Waals surface area contributed by atoms with Crippen LogP contribution in [0.5, 0.6) is 0 Å². The van der Waals surface area contributed by atoms with Gasteiger partial charge in [-0.25, -0.2) is 4.98 Å². The molecule has 2 aromatic heterocycles. The maximum atomic E-state index is 12.6. The van der Waals surface area contributed by atoms with Crippen LogP contribution in [-0.2, 0) is 0 Å². The first-order valence-electron chi connectivity index (χ1n) is 7.35. The smallest absolute Gasteiger partial charge is 0.283 e. The lowest BCUT2D eigenvalue weighted by molar-refractivity contribution is 0.919. The standard InChI is InChI=1S/C17H13ClN4OS/c1-9-3-6-14-12(7-9)15(23)22-17(20-14)24-16(21-22)19-11-5-4-10(2)13(18)8-11/h3-8H,1-2H3,(H,19,21). The minimum Gasteiger partial charge on any atom is -0.330 e. The third-order valence-electron chi connectivity index (χ3n) is 3.77. The second-order valence-electron chi connectivity index (χ2n) is 5.63. The fourth-order valence-electron chi connectivity index (χ4n) is 2.47. The Labute approximate surface area is 146 Å². The van der Waals surface area contributed by atoms with Gasteiger partial charge in [-0.2, -0.15) is 4.52 Å². The Morgan fingerprint density at radius 1 is 1.17 bits per heavy atom. The lowest BCUT2D eigenvalue weighted by atomic mass is 10.2. The summed E-state index contributed by atoms with van der Waals surface area (Å²) in [5.41, 5.74) is 3.36. The Hall–Kier alpha value is -2.44. The first-order chi connectivity index (χ1) is 11.5. The van der Waals surface area contributed by atoms with Gasteiger partial charge in [-0.05, 0) is 43.7 Å². The second-order valence-corrected chi connectivity index (χ2v) is 6.99. The van der Waals surface area contributed by atoms with Gasteiger partial charge in [0, 0.05) is 10.7 Å². The molecule has 0 radical (unpaired) electrons. The van der Waals surface area contributed by atoms with Crippen molar-refractivity contribution in [1.82, 2.24) is 14.6 Å². The molecule has 7 heteroatoms. The summed E-state index contributed by atoms with van der Waals surface area (Å²) in [5.74, 6) is 0. The number of halogens is 1. The molecule has 1 N–H and O–H groups in total. The Balaban J connectivity index is 1.83. The number of benzene rings is 2. The van der Waals surface area contributed by atoms with E-state index in [0.29, 0.717) is 26.0 Å². The zero-order valence-corrected chi connectivity index (χ0v) is 14.6. The summed E-state index contributed by atoms with van der Waals surface area (Å²) in [6.07, 6.45) is 0. The van der Waals surface area contributed by atoms with Gasteiger partial charge < -0.3 is 5.32 Å². The van der Waals surface area contributed by atoms with Crippen molar-refractivity contribution in [3.63, 3.8) is 0 Å². The van der Waals surface area contributed by atoms with Gasteiger partial charge in [0.05, 0.1) is 10.9 Å². The van der Waals surface area contributed by atoms with Crippen LogP contribution in [0.4, 0.5) is 10.8 Å². The first kappa shape index (κ1) is 15.1. The van der Waals surface area contributed by atoms with Gasteiger partial charge in [0.1, 0.15) is 0 Å². The SMILES string of the molecule is Cc1ccc2nc3sc(Nc4ccc(C)c(Cl)c4)nn3c(=O)c2c1. The molecule has 0 spiro atoms.